The average molecular weight is 449 g/mol. The van der Waals surface area contributed by atoms with Crippen molar-refractivity contribution in [3.8, 4) is 9.88 Å². The van der Waals surface area contributed by atoms with Crippen LogP contribution in [0.4, 0.5) is 11.4 Å². The van der Waals surface area contributed by atoms with Gasteiger partial charge in [-0.15, -0.1) is 22.7 Å². The zero-order valence-electron chi connectivity index (χ0n) is 17.3. The van der Waals surface area contributed by atoms with E-state index >= 15 is 0 Å². The van der Waals surface area contributed by atoms with Crippen LogP contribution in [0.2, 0.25) is 0 Å². The van der Waals surface area contributed by atoms with Crippen molar-refractivity contribution in [3.05, 3.63) is 58.9 Å². The number of H-pyrrole nitrogens is 1. The molecule has 4 heterocycles. The zero-order valence-corrected chi connectivity index (χ0v) is 18.9. The van der Waals surface area contributed by atoms with Crippen LogP contribution in [-0.4, -0.2) is 27.5 Å². The molecule has 0 saturated heterocycles. The number of hydrogen-bond acceptors (Lipinski definition) is 7. The van der Waals surface area contributed by atoms with Crippen molar-refractivity contribution in [3.63, 3.8) is 0 Å². The number of ether oxygens (including phenoxy) is 1. The maximum absolute atomic E-state index is 12.2. The number of esters is 1. The van der Waals surface area contributed by atoms with E-state index in [9.17, 15) is 4.79 Å². The number of anilines is 2. The largest absolute Gasteiger partial charge is 0.462 e. The first-order valence-electron chi connectivity index (χ1n) is 9.91. The Bertz CT molecular complexity index is 1430. The van der Waals surface area contributed by atoms with E-state index in [0.717, 1.165) is 42.7 Å². The summed E-state index contributed by atoms with van der Waals surface area (Å²) < 4.78 is 6.19. The molecule has 2 N–H and O–H groups in total. The summed E-state index contributed by atoms with van der Waals surface area (Å²) in [6, 6.07) is 12.4. The maximum Gasteiger partial charge on any atom is 0.350 e. The summed E-state index contributed by atoms with van der Waals surface area (Å²) in [4.78, 5) is 26.2. The molecular formula is C23H20N4O2S2. The van der Waals surface area contributed by atoms with Crippen molar-refractivity contribution in [2.24, 2.45) is 0 Å². The predicted molar refractivity (Wildman–Crippen MR) is 128 cm³/mol. The molecule has 0 atom stereocenters. The molecular weight excluding hydrogens is 428 g/mol. The summed E-state index contributed by atoms with van der Waals surface area (Å²) in [6.45, 7) is 6.04. The van der Waals surface area contributed by atoms with Gasteiger partial charge < -0.3 is 15.0 Å². The van der Waals surface area contributed by atoms with Crippen LogP contribution in [0.25, 0.3) is 31.0 Å². The number of carbonyl (C=O) groups excluding carboxylic acids is 1. The van der Waals surface area contributed by atoms with Gasteiger partial charge in [0.15, 0.2) is 0 Å². The topological polar surface area (TPSA) is 79.9 Å². The third kappa shape index (κ3) is 3.68. The molecule has 8 heteroatoms. The molecule has 1 aromatic carbocycles. The lowest BCUT2D eigenvalue weighted by molar-refractivity contribution is 0.0531. The number of aryl methyl sites for hydroxylation is 2. The van der Waals surface area contributed by atoms with Crippen LogP contribution in [0.15, 0.2) is 42.6 Å². The van der Waals surface area contributed by atoms with E-state index in [-0.39, 0.29) is 5.97 Å². The first-order chi connectivity index (χ1) is 15.0. The Morgan fingerprint density at radius 2 is 2.03 bits per heavy atom. The zero-order chi connectivity index (χ0) is 21.5. The number of thiazole rings is 1. The Morgan fingerprint density at radius 3 is 2.87 bits per heavy atom. The summed E-state index contributed by atoms with van der Waals surface area (Å²) in [5.74, 6) is -0.319. The first-order valence-corrected chi connectivity index (χ1v) is 11.5. The normalized spacial score (nSPS) is 11.3. The molecule has 0 aliphatic carbocycles. The lowest BCUT2D eigenvalue weighted by Crippen LogP contribution is -2.03. The van der Waals surface area contributed by atoms with Gasteiger partial charge >= 0.3 is 5.97 Å². The summed E-state index contributed by atoms with van der Waals surface area (Å²) in [5.41, 5.74) is 5.86. The predicted octanol–water partition coefficient (Wildman–Crippen LogP) is 6.44. The number of benzene rings is 1. The average Bonchev–Trinajstić information content (AvgIpc) is 3.43. The molecule has 0 bridgehead atoms. The molecule has 0 aliphatic rings. The van der Waals surface area contributed by atoms with Crippen molar-refractivity contribution in [1.82, 2.24) is 15.0 Å². The van der Waals surface area contributed by atoms with Gasteiger partial charge in [-0.05, 0) is 57.2 Å². The molecule has 0 saturated carbocycles. The van der Waals surface area contributed by atoms with Crippen LogP contribution < -0.4 is 5.32 Å². The van der Waals surface area contributed by atoms with Crippen LogP contribution in [-0.2, 0) is 4.74 Å². The fourth-order valence-corrected chi connectivity index (χ4v) is 5.63. The van der Waals surface area contributed by atoms with Crippen molar-refractivity contribution in [1.29, 1.82) is 0 Å². The summed E-state index contributed by atoms with van der Waals surface area (Å²) in [6.07, 6.45) is 1.80. The number of hydrogen-bond donors (Lipinski definition) is 2. The van der Waals surface area contributed by atoms with E-state index in [0.29, 0.717) is 17.2 Å². The van der Waals surface area contributed by atoms with Gasteiger partial charge in [0.1, 0.15) is 9.88 Å². The van der Waals surface area contributed by atoms with Gasteiger partial charge in [0, 0.05) is 28.5 Å². The first kappa shape index (κ1) is 19.7. The van der Waals surface area contributed by atoms with Crippen molar-refractivity contribution < 1.29 is 9.53 Å². The number of aromatic nitrogens is 3. The Balaban J connectivity index is 1.50. The number of nitrogens with one attached hydrogen (secondary N) is 2. The van der Waals surface area contributed by atoms with Crippen LogP contribution >= 0.6 is 22.7 Å². The highest BCUT2D eigenvalue weighted by Crippen LogP contribution is 2.40. The Hall–Kier alpha value is -3.23. The highest BCUT2D eigenvalue weighted by atomic mass is 32.1. The second-order valence-electron chi connectivity index (χ2n) is 7.22. The van der Waals surface area contributed by atoms with E-state index < -0.39 is 0 Å². The molecule has 5 aromatic rings. The van der Waals surface area contributed by atoms with Gasteiger partial charge in [-0.3, -0.25) is 4.98 Å². The van der Waals surface area contributed by atoms with E-state index in [2.05, 4.69) is 51.5 Å². The Labute approximate surface area is 186 Å². The van der Waals surface area contributed by atoms with Gasteiger partial charge in [0.05, 0.1) is 33.1 Å². The molecule has 0 aliphatic heterocycles. The van der Waals surface area contributed by atoms with Crippen LogP contribution in [0.5, 0.6) is 0 Å². The lowest BCUT2D eigenvalue weighted by Gasteiger charge is -2.07. The van der Waals surface area contributed by atoms with E-state index in [1.54, 1.807) is 24.5 Å². The minimum absolute atomic E-state index is 0.319. The smallest absolute Gasteiger partial charge is 0.350 e. The third-order valence-corrected chi connectivity index (χ3v) is 7.38. The summed E-state index contributed by atoms with van der Waals surface area (Å²) in [7, 11) is 0. The van der Waals surface area contributed by atoms with E-state index in [4.69, 9.17) is 4.74 Å². The number of thiophene rings is 1. The third-order valence-electron chi connectivity index (χ3n) is 4.91. The van der Waals surface area contributed by atoms with Gasteiger partial charge in [0.2, 0.25) is 0 Å². The number of fused-ring (bicyclic) bond motifs is 2. The Morgan fingerprint density at radius 1 is 1.16 bits per heavy atom. The number of nitrogens with zero attached hydrogens (tertiary/aromatic N) is 2. The minimum Gasteiger partial charge on any atom is -0.462 e. The molecule has 31 heavy (non-hydrogen) atoms. The van der Waals surface area contributed by atoms with Gasteiger partial charge in [-0.2, -0.15) is 0 Å². The number of rotatable bonds is 5. The van der Waals surface area contributed by atoms with Crippen molar-refractivity contribution in [2.45, 2.75) is 20.8 Å². The maximum atomic E-state index is 12.2. The molecule has 6 nitrogen and oxygen atoms in total. The lowest BCUT2D eigenvalue weighted by atomic mass is 10.2. The van der Waals surface area contributed by atoms with Crippen LogP contribution in [0.1, 0.15) is 28.0 Å². The molecule has 0 spiro atoms. The van der Waals surface area contributed by atoms with Crippen LogP contribution in [0.3, 0.4) is 0 Å². The number of aromatic amines is 1. The van der Waals surface area contributed by atoms with Crippen LogP contribution in [0, 0.1) is 13.8 Å². The minimum atomic E-state index is -0.319. The van der Waals surface area contributed by atoms with Gasteiger partial charge in [-0.1, -0.05) is 0 Å². The molecule has 0 unspecified atom stereocenters. The second kappa shape index (κ2) is 7.79. The van der Waals surface area contributed by atoms with Crippen molar-refractivity contribution >= 4 is 61.1 Å². The molecule has 0 radical (unpaired) electrons. The molecule has 4 aromatic heterocycles. The highest BCUT2D eigenvalue weighted by molar-refractivity contribution is 7.26. The van der Waals surface area contributed by atoms with Crippen molar-refractivity contribution in [2.75, 3.05) is 11.9 Å². The molecule has 0 fully saturated rings. The molecule has 0 amide bonds. The van der Waals surface area contributed by atoms with E-state index in [1.807, 2.05) is 19.1 Å². The quantitative estimate of drug-likeness (QED) is 0.303. The SMILES string of the molecule is CCOC(=O)c1sc(-c2cc3nccc(Nc4ccc5[nH]c(C)cc5c4)c3s2)nc1C. The Kier molecular flexibility index (Phi) is 4.95. The fraction of sp³-hybridized carbons (Fsp3) is 0.174. The summed E-state index contributed by atoms with van der Waals surface area (Å²) in [5, 5.41) is 5.51. The van der Waals surface area contributed by atoms with Gasteiger partial charge in [-0.25, -0.2) is 9.78 Å². The van der Waals surface area contributed by atoms with E-state index in [1.165, 1.54) is 16.7 Å². The monoisotopic (exact) mass is 448 g/mol. The second-order valence-corrected chi connectivity index (χ2v) is 9.27. The summed E-state index contributed by atoms with van der Waals surface area (Å²) >= 11 is 2.98. The fourth-order valence-electron chi connectivity index (χ4n) is 3.54. The highest BCUT2D eigenvalue weighted by Gasteiger charge is 2.19. The molecule has 5 rings (SSSR count). The molecule has 156 valence electrons. The number of pyridine rings is 1. The standard InChI is InChI=1S/C23H20N4O2S2/c1-4-29-23(28)20-13(3)26-22(31-20)19-11-18-21(30-19)17(7-8-24-18)27-15-5-6-16-14(10-15)9-12(2)25-16/h5-11,25H,4H2,1-3H3,(H,24,27). The number of carbonyl (C=O) groups is 1. The van der Waals surface area contributed by atoms with Gasteiger partial charge in [0.25, 0.3) is 0 Å².